The molecule has 0 aromatic heterocycles. The number of hydrogen-bond donors (Lipinski definition) is 6. The highest BCUT2D eigenvalue weighted by molar-refractivity contribution is 5.95. The number of carbonyl (C=O) groups excluding carboxylic acids is 5. The van der Waals surface area contributed by atoms with E-state index in [4.69, 9.17) is 20.9 Å². The second-order valence-corrected chi connectivity index (χ2v) is 11.4. The Morgan fingerprint density at radius 1 is 1.11 bits per heavy atom. The van der Waals surface area contributed by atoms with E-state index >= 15 is 0 Å². The summed E-state index contributed by atoms with van der Waals surface area (Å²) in [7, 11) is 0. The van der Waals surface area contributed by atoms with Gasteiger partial charge >= 0.3 is 6.09 Å². The second-order valence-electron chi connectivity index (χ2n) is 11.4. The number of primary amides is 1. The number of nitro groups is 1. The van der Waals surface area contributed by atoms with E-state index in [0.717, 1.165) is 5.56 Å². The lowest BCUT2D eigenvalue weighted by molar-refractivity contribution is -0.525. The van der Waals surface area contributed by atoms with E-state index in [1.807, 2.05) is 30.3 Å². The summed E-state index contributed by atoms with van der Waals surface area (Å²) in [5.74, 6) is -3.15. The molecule has 1 aromatic rings. The van der Waals surface area contributed by atoms with Crippen LogP contribution in [0.15, 0.2) is 35.3 Å². The molecule has 1 heterocycles. The number of hydrogen-bond acceptors (Lipinski definition) is 10. The molecule has 1 fully saturated rings. The number of guanidine groups is 1. The maximum Gasteiger partial charge on any atom is 0.408 e. The molecule has 3 atom stereocenters. The SMILES string of the molecule is CC(C)(C)OC(=O)N[C@@H](COCc1ccccc1)C(=O)N1CCC[C@H]1C(=O)N[C@@H](CCCN=C(N)N[N+](=O)[O-])C(=O)NCC(N)=O. The smallest absolute Gasteiger partial charge is 0.408 e. The number of alkyl carbamates (subject to hydrolysis) is 1. The fourth-order valence-corrected chi connectivity index (χ4v) is 4.45. The summed E-state index contributed by atoms with van der Waals surface area (Å²) in [6.45, 7) is 4.72. The predicted molar refractivity (Wildman–Crippen MR) is 164 cm³/mol. The van der Waals surface area contributed by atoms with Crippen molar-refractivity contribution in [3.05, 3.63) is 46.0 Å². The fourth-order valence-electron chi connectivity index (χ4n) is 4.45. The number of amides is 5. The first-order chi connectivity index (χ1) is 21.7. The molecule has 5 amide bonds. The van der Waals surface area contributed by atoms with Gasteiger partial charge in [-0.15, -0.1) is 0 Å². The Labute approximate surface area is 266 Å². The van der Waals surface area contributed by atoms with Gasteiger partial charge in [0.15, 0.2) is 5.03 Å². The Hall–Kier alpha value is -5.00. The van der Waals surface area contributed by atoms with Crippen LogP contribution >= 0.6 is 0 Å². The molecule has 0 bridgehead atoms. The van der Waals surface area contributed by atoms with Gasteiger partial charge in [-0.3, -0.25) is 19.2 Å². The lowest BCUT2D eigenvalue weighted by atomic mass is 10.1. The summed E-state index contributed by atoms with van der Waals surface area (Å²) in [6, 6.07) is 5.91. The Bertz CT molecular complexity index is 1250. The molecule has 2 rings (SSSR count). The van der Waals surface area contributed by atoms with Gasteiger partial charge in [0.25, 0.3) is 5.96 Å². The average molecular weight is 650 g/mol. The first-order valence-electron chi connectivity index (χ1n) is 14.6. The maximum atomic E-state index is 13.7. The van der Waals surface area contributed by atoms with Gasteiger partial charge in [0, 0.05) is 13.1 Å². The Balaban J connectivity index is 2.15. The minimum atomic E-state index is -1.18. The van der Waals surface area contributed by atoms with Crippen LogP contribution in [0.3, 0.4) is 0 Å². The van der Waals surface area contributed by atoms with Crippen molar-refractivity contribution in [2.75, 3.05) is 26.2 Å². The number of benzene rings is 1. The van der Waals surface area contributed by atoms with Crippen LogP contribution in [0, 0.1) is 10.1 Å². The number of ether oxygens (including phenoxy) is 2. The quantitative estimate of drug-likeness (QED) is 0.0418. The molecular weight excluding hydrogens is 606 g/mol. The second kappa shape index (κ2) is 18.1. The van der Waals surface area contributed by atoms with Crippen molar-refractivity contribution in [2.24, 2.45) is 16.5 Å². The van der Waals surface area contributed by atoms with Crippen molar-refractivity contribution in [3.63, 3.8) is 0 Å². The molecule has 18 nitrogen and oxygen atoms in total. The zero-order valence-corrected chi connectivity index (χ0v) is 26.2. The van der Waals surface area contributed by atoms with Crippen LogP contribution in [0.25, 0.3) is 0 Å². The summed E-state index contributed by atoms with van der Waals surface area (Å²) in [5.41, 5.74) is 12.2. The molecule has 0 unspecified atom stereocenters. The number of likely N-dealkylation sites (tertiary alicyclic amines) is 1. The van der Waals surface area contributed by atoms with Gasteiger partial charge in [-0.05, 0) is 52.0 Å². The number of aliphatic imine (C=N–C) groups is 1. The summed E-state index contributed by atoms with van der Waals surface area (Å²) in [4.78, 5) is 79.4. The molecule has 1 aliphatic rings. The number of nitrogens with two attached hydrogens (primary N) is 2. The Morgan fingerprint density at radius 3 is 2.43 bits per heavy atom. The van der Waals surface area contributed by atoms with Crippen LogP contribution in [0.1, 0.15) is 52.0 Å². The molecule has 0 aliphatic carbocycles. The number of rotatable bonds is 16. The molecule has 46 heavy (non-hydrogen) atoms. The maximum absolute atomic E-state index is 13.7. The Kier molecular flexibility index (Phi) is 14.6. The zero-order valence-electron chi connectivity index (χ0n) is 26.2. The standard InChI is InChI=1S/C28H43N9O9/c1-28(2,3)46-27(42)34-20(17-45-16-18-9-5-4-6-10-18)25(41)36-14-8-12-21(36)24(40)33-19(23(39)32-15-22(29)38)11-7-13-31-26(30)35-37(43)44/h4-6,9-10,19-21H,7-8,11-17H2,1-3H3,(H2,29,38)(H,32,39)(H,33,40)(H,34,42)(H3,30,31,35)/t19-,20-,21-/m0/s1. The number of nitrogens with one attached hydrogen (secondary N) is 4. The highest BCUT2D eigenvalue weighted by Gasteiger charge is 2.39. The molecule has 18 heteroatoms. The lowest BCUT2D eigenvalue weighted by Gasteiger charge is -2.30. The fraction of sp³-hybridized carbons (Fsp3) is 0.571. The summed E-state index contributed by atoms with van der Waals surface area (Å²) >= 11 is 0. The van der Waals surface area contributed by atoms with Gasteiger partial charge < -0.3 is 41.8 Å². The third-order valence-electron chi connectivity index (χ3n) is 6.43. The molecular formula is C28H43N9O9. The van der Waals surface area contributed by atoms with E-state index in [2.05, 4.69) is 20.9 Å². The number of hydrazine groups is 1. The Morgan fingerprint density at radius 2 is 1.80 bits per heavy atom. The molecule has 8 N–H and O–H groups in total. The molecule has 1 aliphatic heterocycles. The van der Waals surface area contributed by atoms with E-state index in [1.165, 1.54) is 4.90 Å². The lowest BCUT2D eigenvalue weighted by Crippen LogP contribution is -2.57. The van der Waals surface area contributed by atoms with Crippen LogP contribution < -0.4 is 32.8 Å². The van der Waals surface area contributed by atoms with Crippen LogP contribution in [0.2, 0.25) is 0 Å². The number of carbonyl (C=O) groups is 5. The van der Waals surface area contributed by atoms with Gasteiger partial charge in [-0.2, -0.15) is 0 Å². The first kappa shape index (κ1) is 37.2. The van der Waals surface area contributed by atoms with Crippen molar-refractivity contribution in [1.82, 2.24) is 26.3 Å². The van der Waals surface area contributed by atoms with Crippen LogP contribution in [-0.4, -0.2) is 95.6 Å². The van der Waals surface area contributed by atoms with Crippen molar-refractivity contribution in [2.45, 2.75) is 76.8 Å². The van der Waals surface area contributed by atoms with E-state index in [-0.39, 0.29) is 45.6 Å². The van der Waals surface area contributed by atoms with Crippen molar-refractivity contribution in [3.8, 4) is 0 Å². The predicted octanol–water partition coefficient (Wildman–Crippen LogP) is -0.950. The van der Waals surface area contributed by atoms with Crippen molar-refractivity contribution < 1.29 is 38.5 Å². The molecule has 0 spiro atoms. The summed E-state index contributed by atoms with van der Waals surface area (Å²) in [6.07, 6.45) is 0.108. The van der Waals surface area contributed by atoms with Gasteiger partial charge in [-0.1, -0.05) is 35.8 Å². The van der Waals surface area contributed by atoms with E-state index < -0.39 is 71.0 Å². The van der Waals surface area contributed by atoms with Crippen LogP contribution in [0.5, 0.6) is 0 Å². The minimum Gasteiger partial charge on any atom is -0.444 e. The van der Waals surface area contributed by atoms with Gasteiger partial charge in [0.1, 0.15) is 23.7 Å². The summed E-state index contributed by atoms with van der Waals surface area (Å²) in [5, 5.41) is 17.1. The monoisotopic (exact) mass is 649 g/mol. The van der Waals surface area contributed by atoms with Gasteiger partial charge in [-0.25, -0.2) is 19.9 Å². The van der Waals surface area contributed by atoms with E-state index in [0.29, 0.717) is 6.42 Å². The van der Waals surface area contributed by atoms with Crippen LogP contribution in [0.4, 0.5) is 4.79 Å². The normalized spacial score (nSPS) is 16.1. The third-order valence-corrected chi connectivity index (χ3v) is 6.43. The number of nitrogens with zero attached hydrogens (tertiary/aromatic N) is 3. The minimum absolute atomic E-state index is 0.0163. The largest absolute Gasteiger partial charge is 0.444 e. The third kappa shape index (κ3) is 13.7. The van der Waals surface area contributed by atoms with Gasteiger partial charge in [0.05, 0.1) is 19.8 Å². The topological polar surface area (TPSA) is 263 Å². The van der Waals surface area contributed by atoms with E-state index in [1.54, 1.807) is 26.2 Å². The van der Waals surface area contributed by atoms with Crippen LogP contribution in [-0.2, 0) is 35.3 Å². The zero-order chi connectivity index (χ0) is 34.3. The summed E-state index contributed by atoms with van der Waals surface area (Å²) < 4.78 is 11.1. The van der Waals surface area contributed by atoms with Crippen molar-refractivity contribution >= 4 is 35.7 Å². The molecule has 1 saturated heterocycles. The highest BCUT2D eigenvalue weighted by atomic mass is 16.7. The average Bonchev–Trinajstić information content (AvgIpc) is 3.46. The highest BCUT2D eigenvalue weighted by Crippen LogP contribution is 2.20. The molecule has 254 valence electrons. The van der Waals surface area contributed by atoms with Crippen molar-refractivity contribution in [1.29, 1.82) is 0 Å². The van der Waals surface area contributed by atoms with Gasteiger partial charge in [0.2, 0.25) is 23.6 Å². The molecule has 0 radical (unpaired) electrons. The molecule has 1 aromatic carbocycles. The molecule has 0 saturated carbocycles. The first-order valence-corrected chi connectivity index (χ1v) is 14.6. The van der Waals surface area contributed by atoms with E-state index in [9.17, 15) is 34.1 Å².